The standard InChI is InChI=1S/C29H29F3N2O5S/c1-5-18(28(35)36)19-7-6-17(30)13-24(19)39-15-16-12-22(27-21(25(16)31)9-11-38-27)20-8-10-33-23(26(20)32)14-34-40(37)29(2,3)4/h6-13,18,34H,5,14-15H2,1-4H3,(H,35,36)/t18-,40?/m0/s1. The van der Waals surface area contributed by atoms with Crippen LogP contribution in [-0.4, -0.2) is 25.0 Å². The molecule has 0 radical (unpaired) electrons. The van der Waals surface area contributed by atoms with Crippen LogP contribution in [0.15, 0.2) is 53.3 Å². The van der Waals surface area contributed by atoms with Gasteiger partial charge in [-0.25, -0.2) is 22.1 Å². The summed E-state index contributed by atoms with van der Waals surface area (Å²) in [7, 11) is -1.46. The maximum absolute atomic E-state index is 15.7. The zero-order valence-corrected chi connectivity index (χ0v) is 23.2. The van der Waals surface area contributed by atoms with E-state index in [1.54, 1.807) is 27.7 Å². The van der Waals surface area contributed by atoms with Gasteiger partial charge in [-0.3, -0.25) is 9.78 Å². The summed E-state index contributed by atoms with van der Waals surface area (Å²) >= 11 is 0. The Hall–Kier alpha value is -3.70. The lowest BCUT2D eigenvalue weighted by atomic mass is 9.95. The highest BCUT2D eigenvalue weighted by Gasteiger charge is 2.25. The van der Waals surface area contributed by atoms with Crippen molar-refractivity contribution in [1.29, 1.82) is 0 Å². The predicted molar refractivity (Wildman–Crippen MR) is 145 cm³/mol. The van der Waals surface area contributed by atoms with E-state index < -0.39 is 51.7 Å². The Labute approximate surface area is 232 Å². The minimum Gasteiger partial charge on any atom is -0.488 e. The lowest BCUT2D eigenvalue weighted by molar-refractivity contribution is -0.138. The minimum atomic E-state index is -1.46. The first kappa shape index (κ1) is 29.3. The first-order valence-corrected chi connectivity index (χ1v) is 13.7. The second-order valence-corrected chi connectivity index (χ2v) is 12.2. The van der Waals surface area contributed by atoms with Crippen molar-refractivity contribution < 1.29 is 36.4 Å². The molecule has 0 aliphatic rings. The first-order valence-electron chi connectivity index (χ1n) is 12.5. The number of rotatable bonds is 10. The lowest BCUT2D eigenvalue weighted by Crippen LogP contribution is -2.33. The average Bonchev–Trinajstić information content (AvgIpc) is 3.39. The first-order chi connectivity index (χ1) is 18.9. The van der Waals surface area contributed by atoms with E-state index in [1.807, 2.05) is 0 Å². The topological polar surface area (TPSA) is 102 Å². The molecule has 1 unspecified atom stereocenters. The molecule has 40 heavy (non-hydrogen) atoms. The van der Waals surface area contributed by atoms with Gasteiger partial charge in [0, 0.05) is 34.5 Å². The summed E-state index contributed by atoms with van der Waals surface area (Å²) in [5.74, 6) is -4.09. The van der Waals surface area contributed by atoms with Gasteiger partial charge in [-0.1, -0.05) is 13.0 Å². The molecule has 2 aromatic carbocycles. The third-order valence-corrected chi connectivity index (χ3v) is 7.88. The lowest BCUT2D eigenvalue weighted by Gasteiger charge is -2.18. The highest BCUT2D eigenvalue weighted by atomic mass is 32.2. The molecule has 11 heteroatoms. The number of nitrogens with zero attached hydrogens (tertiary/aromatic N) is 1. The SMILES string of the molecule is CC[C@H](C(=O)O)c1ccc(F)cc1OCc1cc(-c2ccnc(CNS(=O)C(C)(C)C)c2F)c2occc2c1F. The van der Waals surface area contributed by atoms with Crippen molar-refractivity contribution in [1.82, 2.24) is 9.71 Å². The van der Waals surface area contributed by atoms with Crippen molar-refractivity contribution in [2.45, 2.75) is 57.9 Å². The Morgan fingerprint density at radius 3 is 2.55 bits per heavy atom. The number of carbonyl (C=O) groups is 1. The second kappa shape index (κ2) is 11.8. The Kier molecular flexibility index (Phi) is 8.65. The fraction of sp³-hybridized carbons (Fsp3) is 0.310. The van der Waals surface area contributed by atoms with Crippen molar-refractivity contribution in [2.75, 3.05) is 0 Å². The number of nitrogens with one attached hydrogen (secondary N) is 1. The van der Waals surface area contributed by atoms with Crippen LogP contribution in [0.25, 0.3) is 22.1 Å². The molecule has 0 spiro atoms. The number of fused-ring (bicyclic) bond motifs is 1. The van der Waals surface area contributed by atoms with Gasteiger partial charge in [-0.2, -0.15) is 0 Å². The summed E-state index contributed by atoms with van der Waals surface area (Å²) in [5.41, 5.74) is 0.707. The van der Waals surface area contributed by atoms with Crippen molar-refractivity contribution in [3.05, 3.63) is 83.1 Å². The minimum absolute atomic E-state index is 0.0145. The Morgan fingerprint density at radius 2 is 1.88 bits per heavy atom. The van der Waals surface area contributed by atoms with Gasteiger partial charge < -0.3 is 14.3 Å². The number of pyridine rings is 1. The molecule has 4 aromatic rings. The van der Waals surface area contributed by atoms with E-state index in [-0.39, 0.29) is 57.6 Å². The van der Waals surface area contributed by atoms with Gasteiger partial charge in [0.15, 0.2) is 5.82 Å². The molecular formula is C29H29F3N2O5S. The number of ether oxygens (including phenoxy) is 1. The number of hydrogen-bond acceptors (Lipinski definition) is 5. The number of aliphatic carboxylic acids is 1. The molecule has 0 amide bonds. The van der Waals surface area contributed by atoms with Crippen LogP contribution < -0.4 is 9.46 Å². The molecule has 2 heterocycles. The summed E-state index contributed by atoms with van der Waals surface area (Å²) in [4.78, 5) is 15.8. The van der Waals surface area contributed by atoms with Crippen LogP contribution in [-0.2, 0) is 28.9 Å². The highest BCUT2D eigenvalue weighted by molar-refractivity contribution is 7.84. The third kappa shape index (κ3) is 6.05. The Balaban J connectivity index is 1.71. The van der Waals surface area contributed by atoms with Crippen LogP contribution in [0.4, 0.5) is 13.2 Å². The quantitative estimate of drug-likeness (QED) is 0.221. The highest BCUT2D eigenvalue weighted by Crippen LogP contribution is 2.36. The predicted octanol–water partition coefficient (Wildman–Crippen LogP) is 6.62. The van der Waals surface area contributed by atoms with Crippen LogP contribution in [0.3, 0.4) is 0 Å². The molecule has 0 saturated carbocycles. The molecule has 0 fully saturated rings. The molecule has 2 N–H and O–H groups in total. The molecule has 4 rings (SSSR count). The van der Waals surface area contributed by atoms with Crippen molar-refractivity contribution in [3.8, 4) is 16.9 Å². The number of aromatic nitrogens is 1. The van der Waals surface area contributed by atoms with Gasteiger partial charge in [0.2, 0.25) is 0 Å². The Bertz CT molecular complexity index is 1580. The fourth-order valence-electron chi connectivity index (χ4n) is 4.24. The number of halogens is 3. The van der Waals surface area contributed by atoms with Gasteiger partial charge in [0.1, 0.15) is 29.6 Å². The van der Waals surface area contributed by atoms with Gasteiger partial charge in [0.25, 0.3) is 0 Å². The van der Waals surface area contributed by atoms with E-state index >= 15 is 8.78 Å². The van der Waals surface area contributed by atoms with E-state index in [1.165, 1.54) is 36.7 Å². The summed E-state index contributed by atoms with van der Waals surface area (Å²) in [5, 5.41) is 9.66. The molecule has 0 saturated heterocycles. The van der Waals surface area contributed by atoms with E-state index in [4.69, 9.17) is 9.15 Å². The third-order valence-electron chi connectivity index (χ3n) is 6.37. The zero-order chi connectivity index (χ0) is 29.2. The number of furan rings is 1. The van der Waals surface area contributed by atoms with Crippen LogP contribution in [0, 0.1) is 17.5 Å². The van der Waals surface area contributed by atoms with Crippen molar-refractivity contribution in [3.63, 3.8) is 0 Å². The smallest absolute Gasteiger partial charge is 0.311 e. The van der Waals surface area contributed by atoms with Crippen LogP contribution in [0.5, 0.6) is 5.75 Å². The maximum atomic E-state index is 15.7. The van der Waals surface area contributed by atoms with Crippen LogP contribution in [0.2, 0.25) is 0 Å². The summed E-state index contributed by atoms with van der Waals surface area (Å²) in [6, 6.07) is 7.72. The Morgan fingerprint density at radius 1 is 1.12 bits per heavy atom. The molecule has 0 bridgehead atoms. The summed E-state index contributed by atoms with van der Waals surface area (Å²) in [6.07, 6.45) is 2.90. The zero-order valence-electron chi connectivity index (χ0n) is 22.4. The molecule has 212 valence electrons. The summed E-state index contributed by atoms with van der Waals surface area (Å²) in [6.45, 7) is 6.53. The van der Waals surface area contributed by atoms with Crippen molar-refractivity contribution in [2.24, 2.45) is 0 Å². The largest absolute Gasteiger partial charge is 0.488 e. The van der Waals surface area contributed by atoms with E-state index in [2.05, 4.69) is 9.71 Å². The number of benzene rings is 2. The molecule has 0 aliphatic heterocycles. The van der Waals surface area contributed by atoms with Crippen molar-refractivity contribution >= 4 is 27.9 Å². The average molecular weight is 575 g/mol. The molecular weight excluding hydrogens is 545 g/mol. The van der Waals surface area contributed by atoms with Crippen LogP contribution in [0.1, 0.15) is 56.9 Å². The van der Waals surface area contributed by atoms with Gasteiger partial charge >= 0.3 is 5.97 Å². The molecule has 0 aliphatic carbocycles. The summed E-state index contributed by atoms with van der Waals surface area (Å²) < 4.78 is 71.0. The number of hydrogen-bond donors (Lipinski definition) is 2. The maximum Gasteiger partial charge on any atom is 0.311 e. The van der Waals surface area contributed by atoms with E-state index in [9.17, 15) is 18.5 Å². The van der Waals surface area contributed by atoms with Gasteiger partial charge in [-0.15, -0.1) is 0 Å². The van der Waals surface area contributed by atoms with Crippen LogP contribution >= 0.6 is 0 Å². The van der Waals surface area contributed by atoms with E-state index in [0.717, 1.165) is 12.1 Å². The normalized spacial score (nSPS) is 13.4. The molecule has 7 nitrogen and oxygen atoms in total. The second-order valence-electron chi connectivity index (χ2n) is 10.2. The monoisotopic (exact) mass is 574 g/mol. The van der Waals surface area contributed by atoms with Gasteiger partial charge in [0.05, 0.1) is 45.5 Å². The molecule has 2 atom stereocenters. The number of carboxylic acid groups (broad SMARTS) is 1. The number of carboxylic acids is 1. The molecule has 2 aromatic heterocycles. The van der Waals surface area contributed by atoms with Gasteiger partial charge in [-0.05, 0) is 51.5 Å². The fourth-order valence-corrected chi connectivity index (χ4v) is 4.95. The van der Waals surface area contributed by atoms with E-state index in [0.29, 0.717) is 0 Å².